The van der Waals surface area contributed by atoms with Gasteiger partial charge in [-0.25, -0.2) is 4.98 Å². The highest BCUT2D eigenvalue weighted by molar-refractivity contribution is 6.05. The van der Waals surface area contributed by atoms with E-state index in [1.54, 1.807) is 51.4 Å². The first-order chi connectivity index (χ1) is 10.4. The molecule has 0 fully saturated rings. The summed E-state index contributed by atoms with van der Waals surface area (Å²) in [6.07, 6.45) is 4.67. The number of nitrogens with one attached hydrogen (secondary N) is 2. The Hall–Kier alpha value is -2.76. The first-order valence-electron chi connectivity index (χ1n) is 6.85. The summed E-state index contributed by atoms with van der Waals surface area (Å²) in [5.74, 6) is -0.106. The minimum Gasteiger partial charge on any atom is -0.321 e. The van der Waals surface area contributed by atoms with Crippen molar-refractivity contribution < 1.29 is 9.59 Å². The Labute approximate surface area is 129 Å². The molecule has 0 bridgehead atoms. The number of amides is 2. The molecule has 6 nitrogen and oxygen atoms in total. The number of carbonyl (C=O) groups excluding carboxylic acids is 2. The van der Waals surface area contributed by atoms with E-state index in [-0.39, 0.29) is 11.8 Å². The van der Waals surface area contributed by atoms with E-state index in [1.807, 2.05) is 0 Å². The van der Waals surface area contributed by atoms with Gasteiger partial charge in [0.2, 0.25) is 5.91 Å². The van der Waals surface area contributed by atoms with Crippen molar-refractivity contribution in [3.05, 3.63) is 48.4 Å². The van der Waals surface area contributed by atoms with Gasteiger partial charge in [0, 0.05) is 23.4 Å². The molecule has 2 amide bonds. The van der Waals surface area contributed by atoms with E-state index in [2.05, 4.69) is 20.6 Å². The molecule has 0 aliphatic carbocycles. The maximum Gasteiger partial charge on any atom is 0.255 e. The van der Waals surface area contributed by atoms with Crippen LogP contribution in [0.25, 0.3) is 0 Å². The van der Waals surface area contributed by atoms with Crippen LogP contribution in [0.5, 0.6) is 0 Å². The van der Waals surface area contributed by atoms with E-state index >= 15 is 0 Å². The summed E-state index contributed by atoms with van der Waals surface area (Å²) < 4.78 is 0. The lowest BCUT2D eigenvalue weighted by atomic mass is 9.96. The van der Waals surface area contributed by atoms with E-state index in [4.69, 9.17) is 0 Å². The van der Waals surface area contributed by atoms with Crippen molar-refractivity contribution in [2.75, 3.05) is 10.6 Å². The molecule has 114 valence electrons. The van der Waals surface area contributed by atoms with E-state index in [9.17, 15) is 9.59 Å². The smallest absolute Gasteiger partial charge is 0.255 e. The first-order valence-corrected chi connectivity index (χ1v) is 6.85. The van der Waals surface area contributed by atoms with Gasteiger partial charge in [-0.3, -0.25) is 14.6 Å². The third kappa shape index (κ3) is 4.12. The van der Waals surface area contributed by atoms with E-state index in [0.29, 0.717) is 17.1 Å². The molecule has 0 atom stereocenters. The van der Waals surface area contributed by atoms with Gasteiger partial charge in [0.05, 0.1) is 11.9 Å². The Kier molecular flexibility index (Phi) is 4.50. The minimum atomic E-state index is -0.532. The summed E-state index contributed by atoms with van der Waals surface area (Å²) in [6, 6.07) is 6.60. The van der Waals surface area contributed by atoms with Crippen LogP contribution in [0.1, 0.15) is 31.1 Å². The van der Waals surface area contributed by atoms with Gasteiger partial charge in [-0.05, 0) is 24.3 Å². The van der Waals surface area contributed by atoms with Crippen LogP contribution in [0.15, 0.2) is 42.9 Å². The van der Waals surface area contributed by atoms with Crippen LogP contribution in [-0.2, 0) is 4.79 Å². The van der Waals surface area contributed by atoms with Crippen molar-refractivity contribution >= 4 is 23.3 Å². The van der Waals surface area contributed by atoms with Crippen molar-refractivity contribution in [2.24, 2.45) is 5.41 Å². The maximum absolute atomic E-state index is 12.2. The molecule has 0 spiro atoms. The van der Waals surface area contributed by atoms with Gasteiger partial charge in [-0.1, -0.05) is 20.8 Å². The molecule has 22 heavy (non-hydrogen) atoms. The van der Waals surface area contributed by atoms with Crippen LogP contribution in [-0.4, -0.2) is 21.8 Å². The molecule has 0 saturated carbocycles. The minimum absolute atomic E-state index is 0.162. The number of hydrogen-bond acceptors (Lipinski definition) is 4. The Morgan fingerprint density at radius 2 is 1.86 bits per heavy atom. The third-order valence-corrected chi connectivity index (χ3v) is 2.86. The van der Waals surface area contributed by atoms with Gasteiger partial charge in [0.15, 0.2) is 0 Å². The largest absolute Gasteiger partial charge is 0.321 e. The summed E-state index contributed by atoms with van der Waals surface area (Å²) in [5.41, 5.74) is 0.475. The second-order valence-corrected chi connectivity index (χ2v) is 5.83. The van der Waals surface area contributed by atoms with Crippen LogP contribution in [0.4, 0.5) is 11.5 Å². The highest BCUT2D eigenvalue weighted by Gasteiger charge is 2.21. The van der Waals surface area contributed by atoms with Crippen LogP contribution >= 0.6 is 0 Å². The van der Waals surface area contributed by atoms with Crippen molar-refractivity contribution in [1.82, 2.24) is 9.97 Å². The SMILES string of the molecule is CC(C)(C)C(=O)Nc1cc(C(=O)Nc2cccnc2)ccn1. The van der Waals surface area contributed by atoms with Crippen molar-refractivity contribution in [2.45, 2.75) is 20.8 Å². The Morgan fingerprint density at radius 1 is 1.09 bits per heavy atom. The Morgan fingerprint density at radius 3 is 2.50 bits per heavy atom. The fourth-order valence-corrected chi connectivity index (χ4v) is 1.58. The van der Waals surface area contributed by atoms with E-state index in [0.717, 1.165) is 0 Å². The molecule has 2 heterocycles. The molecule has 0 aromatic carbocycles. The monoisotopic (exact) mass is 298 g/mol. The molecular weight excluding hydrogens is 280 g/mol. The van der Waals surface area contributed by atoms with Gasteiger partial charge >= 0.3 is 0 Å². The van der Waals surface area contributed by atoms with Crippen LogP contribution < -0.4 is 10.6 Å². The summed E-state index contributed by atoms with van der Waals surface area (Å²) in [5, 5.41) is 5.43. The lowest BCUT2D eigenvalue weighted by Gasteiger charge is -2.17. The predicted octanol–water partition coefficient (Wildman–Crippen LogP) is 2.71. The lowest BCUT2D eigenvalue weighted by Crippen LogP contribution is -2.28. The molecule has 0 saturated heterocycles. The predicted molar refractivity (Wildman–Crippen MR) is 84.5 cm³/mol. The number of aromatic nitrogens is 2. The molecule has 2 aromatic heterocycles. The standard InChI is InChI=1S/C16H18N4O2/c1-16(2,3)15(22)20-13-9-11(6-8-18-13)14(21)19-12-5-4-7-17-10-12/h4-10H,1-3H3,(H,19,21)(H,18,20,22). The number of hydrogen-bond donors (Lipinski definition) is 2. The van der Waals surface area contributed by atoms with E-state index in [1.165, 1.54) is 12.3 Å². The van der Waals surface area contributed by atoms with Gasteiger partial charge < -0.3 is 10.6 Å². The average molecular weight is 298 g/mol. The zero-order valence-corrected chi connectivity index (χ0v) is 12.8. The second kappa shape index (κ2) is 6.34. The zero-order valence-electron chi connectivity index (χ0n) is 12.8. The first kappa shape index (κ1) is 15.6. The molecule has 0 aliphatic heterocycles. The maximum atomic E-state index is 12.2. The van der Waals surface area contributed by atoms with Gasteiger partial charge in [-0.2, -0.15) is 0 Å². The van der Waals surface area contributed by atoms with Crippen LogP contribution in [0.3, 0.4) is 0 Å². The number of anilines is 2. The topological polar surface area (TPSA) is 84.0 Å². The molecular formula is C16H18N4O2. The number of pyridine rings is 2. The van der Waals surface area contributed by atoms with Crippen molar-refractivity contribution in [1.29, 1.82) is 0 Å². The fourth-order valence-electron chi connectivity index (χ4n) is 1.58. The van der Waals surface area contributed by atoms with Crippen LogP contribution in [0, 0.1) is 5.41 Å². The average Bonchev–Trinajstić information content (AvgIpc) is 2.47. The Bertz CT molecular complexity index is 678. The highest BCUT2D eigenvalue weighted by atomic mass is 16.2. The molecule has 2 rings (SSSR count). The second-order valence-electron chi connectivity index (χ2n) is 5.83. The highest BCUT2D eigenvalue weighted by Crippen LogP contribution is 2.17. The molecule has 2 aromatic rings. The quantitative estimate of drug-likeness (QED) is 0.912. The molecule has 6 heteroatoms. The summed E-state index contributed by atoms with van der Waals surface area (Å²) in [4.78, 5) is 32.1. The number of nitrogens with zero attached hydrogens (tertiary/aromatic N) is 2. The molecule has 0 radical (unpaired) electrons. The third-order valence-electron chi connectivity index (χ3n) is 2.86. The van der Waals surface area contributed by atoms with Gasteiger partial charge in [0.1, 0.15) is 5.82 Å². The van der Waals surface area contributed by atoms with Crippen molar-refractivity contribution in [3.8, 4) is 0 Å². The van der Waals surface area contributed by atoms with Gasteiger partial charge in [0.25, 0.3) is 5.91 Å². The number of carbonyl (C=O) groups is 2. The number of rotatable bonds is 3. The normalized spacial score (nSPS) is 10.9. The fraction of sp³-hybridized carbons (Fsp3) is 0.250. The van der Waals surface area contributed by atoms with Crippen molar-refractivity contribution in [3.63, 3.8) is 0 Å². The molecule has 0 unspecified atom stereocenters. The van der Waals surface area contributed by atoms with E-state index < -0.39 is 5.41 Å². The zero-order chi connectivity index (χ0) is 16.2. The summed E-state index contributed by atoms with van der Waals surface area (Å²) in [6.45, 7) is 5.42. The van der Waals surface area contributed by atoms with Gasteiger partial charge in [-0.15, -0.1) is 0 Å². The summed E-state index contributed by atoms with van der Waals surface area (Å²) in [7, 11) is 0. The lowest BCUT2D eigenvalue weighted by molar-refractivity contribution is -0.123. The Balaban J connectivity index is 2.11. The summed E-state index contributed by atoms with van der Waals surface area (Å²) >= 11 is 0. The molecule has 2 N–H and O–H groups in total. The van der Waals surface area contributed by atoms with Crippen LogP contribution in [0.2, 0.25) is 0 Å². The molecule has 0 aliphatic rings.